The number of esters is 4. The number of unbranched alkanes of at least 4 members (excludes halogenated alkanes) is 39. The quantitative estimate of drug-likeness (QED) is 0.0222. The monoisotopic (exact) mass is 1410 g/mol. The lowest BCUT2D eigenvalue weighted by Crippen LogP contribution is -2.30. The molecule has 6 atom stereocenters. The minimum Gasteiger partial charge on any atom is -0.462 e. The van der Waals surface area contributed by atoms with E-state index in [1.807, 2.05) is 0 Å². The largest absolute Gasteiger partial charge is 0.472 e. The van der Waals surface area contributed by atoms with Gasteiger partial charge in [0.15, 0.2) is 12.2 Å². The van der Waals surface area contributed by atoms with Crippen LogP contribution in [0.3, 0.4) is 0 Å². The summed E-state index contributed by atoms with van der Waals surface area (Å²) in [4.78, 5) is 72.9. The van der Waals surface area contributed by atoms with Crippen LogP contribution in [0.1, 0.15) is 389 Å². The van der Waals surface area contributed by atoms with Crippen LogP contribution in [0.15, 0.2) is 0 Å². The third-order valence-electron chi connectivity index (χ3n) is 18.2. The molecule has 0 saturated carbocycles. The molecular formula is C77H150O17P2. The third-order valence-corrected chi connectivity index (χ3v) is 20.1. The summed E-state index contributed by atoms with van der Waals surface area (Å²) >= 11 is 0. The summed E-state index contributed by atoms with van der Waals surface area (Å²) < 4.78 is 68.6. The van der Waals surface area contributed by atoms with Gasteiger partial charge in [-0.05, 0) is 49.4 Å². The van der Waals surface area contributed by atoms with Gasteiger partial charge in [0.25, 0.3) is 0 Å². The molecule has 0 amide bonds. The Labute approximate surface area is 588 Å². The fraction of sp³-hybridized carbons (Fsp3) is 0.948. The number of aliphatic hydroxyl groups excluding tert-OH is 1. The molecule has 17 nitrogen and oxygen atoms in total. The van der Waals surface area contributed by atoms with Crippen molar-refractivity contribution in [3.8, 4) is 0 Å². The van der Waals surface area contributed by atoms with Gasteiger partial charge in [-0.25, -0.2) is 9.13 Å². The average molecular weight is 1410 g/mol. The lowest BCUT2D eigenvalue weighted by atomic mass is 10.00. The van der Waals surface area contributed by atoms with Crippen molar-refractivity contribution in [3.63, 3.8) is 0 Å². The minimum atomic E-state index is -4.96. The fourth-order valence-corrected chi connectivity index (χ4v) is 13.3. The van der Waals surface area contributed by atoms with E-state index in [9.17, 15) is 43.2 Å². The van der Waals surface area contributed by atoms with Gasteiger partial charge in [0.1, 0.15) is 19.3 Å². The highest BCUT2D eigenvalue weighted by atomic mass is 31.2. The topological polar surface area (TPSA) is 237 Å². The highest BCUT2D eigenvalue weighted by molar-refractivity contribution is 7.47. The second-order valence-corrected chi connectivity index (χ2v) is 32.3. The predicted octanol–water partition coefficient (Wildman–Crippen LogP) is 22.4. The van der Waals surface area contributed by atoms with Crippen molar-refractivity contribution in [1.82, 2.24) is 0 Å². The number of carbonyl (C=O) groups is 4. The fourth-order valence-electron chi connectivity index (χ4n) is 11.7. The molecule has 0 saturated heterocycles. The van der Waals surface area contributed by atoms with E-state index < -0.39 is 97.5 Å². The summed E-state index contributed by atoms with van der Waals surface area (Å²) in [5, 5.41) is 10.6. The van der Waals surface area contributed by atoms with Crippen LogP contribution in [0.5, 0.6) is 0 Å². The Morgan fingerprint density at radius 1 is 0.292 bits per heavy atom. The number of hydrogen-bond donors (Lipinski definition) is 3. The zero-order valence-corrected chi connectivity index (χ0v) is 64.8. The van der Waals surface area contributed by atoms with Gasteiger partial charge in [0.2, 0.25) is 0 Å². The molecule has 0 aliphatic carbocycles. The molecule has 0 rings (SSSR count). The summed E-state index contributed by atoms with van der Waals surface area (Å²) in [5.74, 6) is 0.950. The van der Waals surface area contributed by atoms with Crippen LogP contribution in [-0.2, 0) is 65.4 Å². The Balaban J connectivity index is 5.24. The number of carbonyl (C=O) groups excluding carboxylic acids is 4. The van der Waals surface area contributed by atoms with E-state index in [-0.39, 0.29) is 25.7 Å². The van der Waals surface area contributed by atoms with Crippen LogP contribution in [0.2, 0.25) is 0 Å². The van der Waals surface area contributed by atoms with E-state index >= 15 is 0 Å². The van der Waals surface area contributed by atoms with Crippen LogP contribution in [0.4, 0.5) is 0 Å². The first kappa shape index (κ1) is 94.1. The van der Waals surface area contributed by atoms with Gasteiger partial charge in [-0.15, -0.1) is 0 Å². The molecule has 0 aromatic heterocycles. The molecule has 0 spiro atoms. The molecule has 0 aromatic rings. The smallest absolute Gasteiger partial charge is 0.462 e. The molecule has 3 N–H and O–H groups in total. The second kappa shape index (κ2) is 66.3. The number of phosphoric ester groups is 2. The second-order valence-electron chi connectivity index (χ2n) is 29.4. The Morgan fingerprint density at radius 3 is 0.740 bits per heavy atom. The van der Waals surface area contributed by atoms with E-state index in [0.717, 1.165) is 120 Å². The Bertz CT molecular complexity index is 1890. The maximum absolute atomic E-state index is 13.1. The summed E-state index contributed by atoms with van der Waals surface area (Å²) in [5.41, 5.74) is 0. The summed E-state index contributed by atoms with van der Waals surface area (Å²) in [6.45, 7) is 14.2. The molecule has 0 bridgehead atoms. The van der Waals surface area contributed by atoms with Crippen LogP contribution < -0.4 is 0 Å². The van der Waals surface area contributed by atoms with Gasteiger partial charge >= 0.3 is 39.5 Å². The number of aliphatic hydroxyl groups is 1. The average Bonchev–Trinajstić information content (AvgIpc) is 1.39. The van der Waals surface area contributed by atoms with Crippen molar-refractivity contribution in [2.24, 2.45) is 23.7 Å². The molecule has 0 radical (unpaired) electrons. The molecule has 3 unspecified atom stereocenters. The summed E-state index contributed by atoms with van der Waals surface area (Å²) in [7, 11) is -9.92. The standard InChI is InChI=1S/C77H150O17P2/c1-9-70(8)56-48-40-35-36-42-50-58-75(80)88-64-73(94-76(81)59-51-43-33-27-20-14-12-10-11-13-17-23-29-37-45-53-67(2)3)66-92-96(85,86)90-62-71(78)61-89-95(83,84)91-65-72(93-77(82)60-52-44-34-28-22-16-19-25-31-39-47-55-69(6)7)63-87-74(79)57-49-41-32-26-21-15-18-24-30-38-46-54-68(4)5/h67-73,78H,9-66H2,1-8H3,(H,83,84)(H,85,86)/t70?,71-,72-,73-/m1/s1. The number of phosphoric acid groups is 2. The van der Waals surface area contributed by atoms with Crippen molar-refractivity contribution in [2.45, 2.75) is 408 Å². The predicted molar refractivity (Wildman–Crippen MR) is 391 cm³/mol. The SMILES string of the molecule is CCC(C)CCCCCCCCC(=O)OC[C@H](COP(=O)(O)OC[C@H](O)COP(=O)(O)OC[C@@H](COC(=O)CCCCCCCCCCCCCC(C)C)OC(=O)CCCCCCCCCCCCCC(C)C)OC(=O)CCCCCCCCCCCCCCCCCC(C)C. The van der Waals surface area contributed by atoms with Crippen LogP contribution in [-0.4, -0.2) is 96.7 Å². The third kappa shape index (κ3) is 69.2. The Hall–Kier alpha value is -1.94. The van der Waals surface area contributed by atoms with Crippen molar-refractivity contribution in [2.75, 3.05) is 39.6 Å². The van der Waals surface area contributed by atoms with Gasteiger partial charge in [0.05, 0.1) is 26.4 Å². The van der Waals surface area contributed by atoms with Gasteiger partial charge < -0.3 is 33.8 Å². The lowest BCUT2D eigenvalue weighted by molar-refractivity contribution is -0.161. The molecule has 0 aliphatic rings. The van der Waals surface area contributed by atoms with Gasteiger partial charge in [-0.2, -0.15) is 0 Å². The number of hydrogen-bond acceptors (Lipinski definition) is 15. The van der Waals surface area contributed by atoms with Gasteiger partial charge in [0, 0.05) is 25.7 Å². The van der Waals surface area contributed by atoms with Crippen molar-refractivity contribution >= 4 is 39.5 Å². The first-order chi connectivity index (χ1) is 46.1. The van der Waals surface area contributed by atoms with Crippen LogP contribution in [0.25, 0.3) is 0 Å². The lowest BCUT2D eigenvalue weighted by Gasteiger charge is -2.21. The van der Waals surface area contributed by atoms with E-state index in [2.05, 4.69) is 55.4 Å². The Morgan fingerprint density at radius 2 is 0.500 bits per heavy atom. The first-order valence-corrected chi connectivity index (χ1v) is 42.7. The molecule has 0 aliphatic heterocycles. The first-order valence-electron chi connectivity index (χ1n) is 39.7. The molecule has 96 heavy (non-hydrogen) atoms. The molecule has 570 valence electrons. The highest BCUT2D eigenvalue weighted by Gasteiger charge is 2.30. The zero-order chi connectivity index (χ0) is 71.0. The molecular weight excluding hydrogens is 1260 g/mol. The van der Waals surface area contributed by atoms with E-state index in [1.54, 1.807) is 0 Å². The van der Waals surface area contributed by atoms with E-state index in [4.69, 9.17) is 37.0 Å². The molecule has 0 fully saturated rings. The Kier molecular flexibility index (Phi) is 65.0. The van der Waals surface area contributed by atoms with Crippen LogP contribution >= 0.6 is 15.6 Å². The molecule has 0 aromatic carbocycles. The minimum absolute atomic E-state index is 0.106. The maximum atomic E-state index is 13.1. The van der Waals surface area contributed by atoms with E-state index in [0.29, 0.717) is 25.7 Å². The van der Waals surface area contributed by atoms with Gasteiger partial charge in [-0.1, -0.05) is 338 Å². The van der Waals surface area contributed by atoms with Crippen molar-refractivity contribution < 1.29 is 80.2 Å². The normalized spacial score (nSPS) is 14.4. The summed E-state index contributed by atoms with van der Waals surface area (Å²) in [6.07, 6.45) is 51.3. The van der Waals surface area contributed by atoms with Gasteiger partial charge in [-0.3, -0.25) is 37.3 Å². The zero-order valence-electron chi connectivity index (χ0n) is 63.0. The number of ether oxygens (including phenoxy) is 4. The van der Waals surface area contributed by atoms with Crippen LogP contribution in [0, 0.1) is 23.7 Å². The molecule has 0 heterocycles. The van der Waals surface area contributed by atoms with E-state index in [1.165, 1.54) is 186 Å². The highest BCUT2D eigenvalue weighted by Crippen LogP contribution is 2.45. The van der Waals surface area contributed by atoms with Crippen molar-refractivity contribution in [3.05, 3.63) is 0 Å². The maximum Gasteiger partial charge on any atom is 0.472 e. The molecule has 19 heteroatoms. The summed E-state index contributed by atoms with van der Waals surface area (Å²) in [6, 6.07) is 0. The number of rotatable bonds is 74. The van der Waals surface area contributed by atoms with Crippen molar-refractivity contribution in [1.29, 1.82) is 0 Å².